The molecule has 1 N–H and O–H groups in total. The van der Waals surface area contributed by atoms with Gasteiger partial charge in [0.1, 0.15) is 6.04 Å². The number of alkyl halides is 3. The maximum Gasteiger partial charge on any atom is 0.408 e. The van der Waals surface area contributed by atoms with Crippen molar-refractivity contribution in [2.75, 3.05) is 0 Å². The Morgan fingerprint density at radius 2 is 2.00 bits per heavy atom. The van der Waals surface area contributed by atoms with E-state index in [0.29, 0.717) is 5.92 Å². The van der Waals surface area contributed by atoms with Crippen LogP contribution in [0.3, 0.4) is 0 Å². The number of aromatic nitrogens is 2. The standard InChI is InChI=1S/C15H22F3N3/c1-21-9-12(8-19-21)14(15(16,17)18)20-13-4-2-3-11(7-13)10-5-6-10/h8-11,13-14,20H,2-7H2,1H3/t11-,13+,14+/m1/s1. The Labute approximate surface area is 122 Å². The Morgan fingerprint density at radius 3 is 2.57 bits per heavy atom. The summed E-state index contributed by atoms with van der Waals surface area (Å²) in [5.41, 5.74) is 0.207. The molecule has 0 aliphatic heterocycles. The fourth-order valence-corrected chi connectivity index (χ4v) is 3.58. The molecular formula is C15H22F3N3. The second-order valence-corrected chi connectivity index (χ2v) is 6.55. The van der Waals surface area contributed by atoms with Crippen LogP contribution in [0.4, 0.5) is 13.2 Å². The molecule has 1 aromatic heterocycles. The van der Waals surface area contributed by atoms with Crippen molar-refractivity contribution in [2.24, 2.45) is 18.9 Å². The highest BCUT2D eigenvalue weighted by Gasteiger charge is 2.44. The number of halogens is 3. The maximum atomic E-state index is 13.3. The van der Waals surface area contributed by atoms with Crippen LogP contribution in [0.2, 0.25) is 0 Å². The summed E-state index contributed by atoms with van der Waals surface area (Å²) in [6, 6.07) is -1.63. The van der Waals surface area contributed by atoms with Crippen molar-refractivity contribution in [1.29, 1.82) is 0 Å². The SMILES string of the molecule is Cn1cc([C@H](N[C@H]2CCC[C@@H](C3CC3)C2)C(F)(F)F)cn1. The molecule has 1 aromatic rings. The number of nitrogens with one attached hydrogen (secondary N) is 1. The fourth-order valence-electron chi connectivity index (χ4n) is 3.58. The van der Waals surface area contributed by atoms with E-state index in [1.165, 1.54) is 36.3 Å². The van der Waals surface area contributed by atoms with E-state index in [9.17, 15) is 13.2 Å². The molecule has 0 aromatic carbocycles. The highest BCUT2D eigenvalue weighted by Crippen LogP contribution is 2.44. The molecule has 0 amide bonds. The third-order valence-electron chi connectivity index (χ3n) is 4.79. The van der Waals surface area contributed by atoms with Crippen LogP contribution in [0.15, 0.2) is 12.4 Å². The zero-order chi connectivity index (χ0) is 15.0. The van der Waals surface area contributed by atoms with Gasteiger partial charge in [-0.3, -0.25) is 10.00 Å². The summed E-state index contributed by atoms with van der Waals surface area (Å²) in [6.45, 7) is 0. The van der Waals surface area contributed by atoms with Gasteiger partial charge in [0.2, 0.25) is 0 Å². The van der Waals surface area contributed by atoms with E-state index in [0.717, 1.165) is 25.2 Å². The fraction of sp³-hybridized carbons (Fsp3) is 0.800. The number of hydrogen-bond donors (Lipinski definition) is 1. The Hall–Kier alpha value is -1.04. The number of nitrogens with zero attached hydrogens (tertiary/aromatic N) is 2. The lowest BCUT2D eigenvalue weighted by Gasteiger charge is -2.33. The molecule has 2 saturated carbocycles. The van der Waals surface area contributed by atoms with Gasteiger partial charge in [-0.25, -0.2) is 0 Å². The second-order valence-electron chi connectivity index (χ2n) is 6.55. The summed E-state index contributed by atoms with van der Waals surface area (Å²) >= 11 is 0. The molecule has 3 nitrogen and oxygen atoms in total. The van der Waals surface area contributed by atoms with Gasteiger partial charge in [-0.1, -0.05) is 12.8 Å². The molecule has 3 rings (SSSR count). The van der Waals surface area contributed by atoms with Gasteiger partial charge in [-0.05, 0) is 37.5 Å². The average molecular weight is 301 g/mol. The van der Waals surface area contributed by atoms with E-state index in [1.807, 2.05) is 0 Å². The quantitative estimate of drug-likeness (QED) is 0.921. The normalized spacial score (nSPS) is 28.6. The number of aryl methyl sites for hydroxylation is 1. The molecule has 0 spiro atoms. The lowest BCUT2D eigenvalue weighted by atomic mass is 9.82. The molecule has 0 saturated heterocycles. The van der Waals surface area contributed by atoms with Crippen LogP contribution in [0.5, 0.6) is 0 Å². The zero-order valence-corrected chi connectivity index (χ0v) is 12.2. The highest BCUT2D eigenvalue weighted by atomic mass is 19.4. The van der Waals surface area contributed by atoms with Gasteiger partial charge in [0.15, 0.2) is 0 Å². The van der Waals surface area contributed by atoms with E-state index < -0.39 is 12.2 Å². The van der Waals surface area contributed by atoms with Crippen molar-refractivity contribution >= 4 is 0 Å². The van der Waals surface area contributed by atoms with Crippen LogP contribution < -0.4 is 5.32 Å². The third kappa shape index (κ3) is 3.59. The predicted molar refractivity (Wildman–Crippen MR) is 73.6 cm³/mol. The molecule has 2 aliphatic carbocycles. The van der Waals surface area contributed by atoms with Crippen molar-refractivity contribution in [3.8, 4) is 0 Å². The van der Waals surface area contributed by atoms with E-state index in [2.05, 4.69) is 10.4 Å². The van der Waals surface area contributed by atoms with Gasteiger partial charge in [-0.2, -0.15) is 18.3 Å². The molecule has 2 aliphatic rings. The highest BCUT2D eigenvalue weighted by molar-refractivity contribution is 5.13. The largest absolute Gasteiger partial charge is 0.408 e. The lowest BCUT2D eigenvalue weighted by Crippen LogP contribution is -2.43. The van der Waals surface area contributed by atoms with Crippen LogP contribution in [-0.4, -0.2) is 22.0 Å². The van der Waals surface area contributed by atoms with Crippen molar-refractivity contribution in [3.05, 3.63) is 18.0 Å². The first kappa shape index (κ1) is 14.9. The Bertz CT molecular complexity index is 479. The molecule has 3 atom stereocenters. The molecular weight excluding hydrogens is 279 g/mol. The average Bonchev–Trinajstić information content (AvgIpc) is 3.18. The summed E-state index contributed by atoms with van der Waals surface area (Å²) in [5, 5.41) is 6.73. The zero-order valence-electron chi connectivity index (χ0n) is 12.2. The van der Waals surface area contributed by atoms with Gasteiger partial charge < -0.3 is 0 Å². The molecule has 0 bridgehead atoms. The minimum Gasteiger partial charge on any atom is -0.300 e. The predicted octanol–water partition coefficient (Wildman–Crippen LogP) is 3.58. The van der Waals surface area contributed by atoms with Crippen LogP contribution >= 0.6 is 0 Å². The van der Waals surface area contributed by atoms with Crippen LogP contribution in [0.25, 0.3) is 0 Å². The molecule has 6 heteroatoms. The summed E-state index contributed by atoms with van der Waals surface area (Å²) in [7, 11) is 1.64. The Balaban J connectivity index is 1.69. The van der Waals surface area contributed by atoms with Crippen LogP contribution in [-0.2, 0) is 7.05 Å². The first-order valence-corrected chi connectivity index (χ1v) is 7.75. The summed E-state index contributed by atoms with van der Waals surface area (Å²) in [5.74, 6) is 1.40. The topological polar surface area (TPSA) is 29.9 Å². The van der Waals surface area contributed by atoms with Crippen LogP contribution in [0.1, 0.15) is 50.1 Å². The first-order valence-electron chi connectivity index (χ1n) is 7.75. The van der Waals surface area contributed by atoms with Crippen molar-refractivity contribution in [3.63, 3.8) is 0 Å². The van der Waals surface area contributed by atoms with Crippen molar-refractivity contribution < 1.29 is 13.2 Å². The number of rotatable bonds is 4. The maximum absolute atomic E-state index is 13.3. The molecule has 2 fully saturated rings. The van der Waals surface area contributed by atoms with Gasteiger partial charge in [0.25, 0.3) is 0 Å². The van der Waals surface area contributed by atoms with Gasteiger partial charge in [0.05, 0.1) is 6.20 Å². The molecule has 0 unspecified atom stereocenters. The monoisotopic (exact) mass is 301 g/mol. The van der Waals surface area contributed by atoms with Crippen LogP contribution in [0, 0.1) is 11.8 Å². The number of hydrogen-bond acceptors (Lipinski definition) is 2. The first-order chi connectivity index (χ1) is 9.93. The molecule has 0 radical (unpaired) electrons. The lowest BCUT2D eigenvalue weighted by molar-refractivity contribution is -0.160. The Kier molecular flexibility index (Phi) is 3.99. The van der Waals surface area contributed by atoms with Crippen molar-refractivity contribution in [1.82, 2.24) is 15.1 Å². The smallest absolute Gasteiger partial charge is 0.300 e. The Morgan fingerprint density at radius 1 is 1.24 bits per heavy atom. The summed E-state index contributed by atoms with van der Waals surface area (Å²) in [6.07, 6.45) is 4.97. The minimum absolute atomic E-state index is 0.0313. The summed E-state index contributed by atoms with van der Waals surface area (Å²) in [4.78, 5) is 0. The van der Waals surface area contributed by atoms with E-state index >= 15 is 0 Å². The van der Waals surface area contributed by atoms with Crippen molar-refractivity contribution in [2.45, 2.75) is 56.8 Å². The molecule has 21 heavy (non-hydrogen) atoms. The third-order valence-corrected chi connectivity index (χ3v) is 4.79. The summed E-state index contributed by atoms with van der Waals surface area (Å²) < 4.78 is 41.4. The van der Waals surface area contributed by atoms with E-state index in [-0.39, 0.29) is 11.6 Å². The minimum atomic E-state index is -4.28. The molecule has 118 valence electrons. The van der Waals surface area contributed by atoms with E-state index in [4.69, 9.17) is 0 Å². The van der Waals surface area contributed by atoms with Gasteiger partial charge in [-0.15, -0.1) is 0 Å². The molecule has 1 heterocycles. The van der Waals surface area contributed by atoms with Gasteiger partial charge >= 0.3 is 6.18 Å². The second kappa shape index (κ2) is 5.63. The van der Waals surface area contributed by atoms with Gasteiger partial charge in [0, 0.05) is 24.8 Å². The van der Waals surface area contributed by atoms with E-state index in [1.54, 1.807) is 7.05 Å².